The molecule has 0 radical (unpaired) electrons. The Hall–Kier alpha value is -1.13. The van der Waals surface area contributed by atoms with Crippen molar-refractivity contribution < 1.29 is 17.6 Å². The lowest BCUT2D eigenvalue weighted by Crippen LogP contribution is -2.09. The van der Waals surface area contributed by atoms with E-state index >= 15 is 0 Å². The van der Waals surface area contributed by atoms with Crippen LogP contribution in [0.25, 0.3) is 0 Å². The van der Waals surface area contributed by atoms with Crippen LogP contribution in [0.15, 0.2) is 12.3 Å². The van der Waals surface area contributed by atoms with Gasteiger partial charge < -0.3 is 0 Å². The molecule has 14 heavy (non-hydrogen) atoms. The number of hydrogen-bond acceptors (Lipinski definition) is 1. The zero-order valence-electron chi connectivity index (χ0n) is 7.53. The number of alkyl halides is 4. The molecule has 0 aromatic carbocycles. The van der Waals surface area contributed by atoms with E-state index in [1.807, 2.05) is 0 Å². The Labute approximate surface area is 78.8 Å². The van der Waals surface area contributed by atoms with Crippen molar-refractivity contribution >= 4 is 0 Å². The number of nitrogens with zero attached hydrogens (tertiary/aromatic N) is 1. The molecule has 1 nitrogen and oxygen atoms in total. The molecule has 0 aliphatic carbocycles. The fraction of sp³-hybridized carbons (Fsp3) is 0.444. The van der Waals surface area contributed by atoms with Crippen LogP contribution in [-0.4, -0.2) is 11.7 Å². The molecule has 0 aliphatic rings. The Kier molecular flexibility index (Phi) is 3.08. The first kappa shape index (κ1) is 10.9. The van der Waals surface area contributed by atoms with Gasteiger partial charge in [-0.1, -0.05) is 0 Å². The van der Waals surface area contributed by atoms with Crippen LogP contribution in [0.4, 0.5) is 17.6 Å². The molecule has 78 valence electrons. The van der Waals surface area contributed by atoms with Crippen molar-refractivity contribution in [2.24, 2.45) is 0 Å². The summed E-state index contributed by atoms with van der Waals surface area (Å²) < 4.78 is 48.5. The van der Waals surface area contributed by atoms with E-state index in [0.717, 1.165) is 12.3 Å². The maximum Gasteiger partial charge on any atom is 0.433 e. The van der Waals surface area contributed by atoms with Gasteiger partial charge in [-0.25, -0.2) is 0 Å². The molecule has 0 unspecified atom stereocenters. The summed E-state index contributed by atoms with van der Waals surface area (Å²) in [6.45, 7) is 0.945. The Morgan fingerprint density at radius 2 is 2.00 bits per heavy atom. The van der Waals surface area contributed by atoms with E-state index in [9.17, 15) is 17.6 Å². The lowest BCUT2D eigenvalue weighted by molar-refractivity contribution is -0.141. The monoisotopic (exact) mass is 207 g/mol. The molecule has 0 fully saturated rings. The van der Waals surface area contributed by atoms with E-state index in [4.69, 9.17) is 0 Å². The zero-order chi connectivity index (χ0) is 10.8. The van der Waals surface area contributed by atoms with Crippen LogP contribution in [0.3, 0.4) is 0 Å². The van der Waals surface area contributed by atoms with Gasteiger partial charge >= 0.3 is 6.18 Å². The second-order valence-corrected chi connectivity index (χ2v) is 2.93. The summed E-state index contributed by atoms with van der Waals surface area (Å²) in [5.74, 6) is 0. The average molecular weight is 207 g/mol. The molecule has 0 atom stereocenters. The van der Waals surface area contributed by atoms with Crippen molar-refractivity contribution in [3.8, 4) is 0 Å². The fourth-order valence-electron chi connectivity index (χ4n) is 1.09. The van der Waals surface area contributed by atoms with Crippen LogP contribution in [-0.2, 0) is 12.6 Å². The first-order valence-electron chi connectivity index (χ1n) is 4.04. The van der Waals surface area contributed by atoms with Crippen molar-refractivity contribution in [2.75, 3.05) is 6.67 Å². The Morgan fingerprint density at radius 3 is 2.50 bits per heavy atom. The normalized spacial score (nSPS) is 11.8. The Bertz CT molecular complexity index is 319. The zero-order valence-corrected chi connectivity index (χ0v) is 7.53. The van der Waals surface area contributed by atoms with Crippen LogP contribution in [0, 0.1) is 6.92 Å². The SMILES string of the molecule is Cc1cnc(C(F)(F)F)cc1CCF. The molecule has 1 aromatic rings. The highest BCUT2D eigenvalue weighted by molar-refractivity contribution is 5.26. The predicted molar refractivity (Wildman–Crippen MR) is 43.7 cm³/mol. The third-order valence-corrected chi connectivity index (χ3v) is 1.87. The summed E-state index contributed by atoms with van der Waals surface area (Å²) >= 11 is 0. The minimum absolute atomic E-state index is 0.00255. The van der Waals surface area contributed by atoms with E-state index in [1.165, 1.54) is 0 Å². The standard InChI is InChI=1S/C9H9F4N/c1-6-5-14-8(9(11,12)13)4-7(6)2-3-10/h4-5H,2-3H2,1H3. The number of halogens is 4. The third kappa shape index (κ3) is 2.43. The molecule has 5 heteroatoms. The van der Waals surface area contributed by atoms with Gasteiger partial charge in [0.05, 0.1) is 6.67 Å². The summed E-state index contributed by atoms with van der Waals surface area (Å²) in [6, 6.07) is 0.898. The number of pyridine rings is 1. The maximum absolute atomic E-state index is 12.2. The maximum atomic E-state index is 12.2. The van der Waals surface area contributed by atoms with Crippen molar-refractivity contribution in [1.82, 2.24) is 4.98 Å². The van der Waals surface area contributed by atoms with E-state index < -0.39 is 18.5 Å². The molecule has 1 heterocycles. The van der Waals surface area contributed by atoms with Crippen molar-refractivity contribution in [2.45, 2.75) is 19.5 Å². The summed E-state index contributed by atoms with van der Waals surface area (Å²) in [5, 5.41) is 0. The van der Waals surface area contributed by atoms with Gasteiger partial charge in [-0.3, -0.25) is 9.37 Å². The summed E-state index contributed by atoms with van der Waals surface area (Å²) in [7, 11) is 0. The lowest BCUT2D eigenvalue weighted by Gasteiger charge is -2.08. The van der Waals surface area contributed by atoms with Crippen molar-refractivity contribution in [3.05, 3.63) is 29.1 Å². The quantitative estimate of drug-likeness (QED) is 0.679. The van der Waals surface area contributed by atoms with Crippen LogP contribution in [0.5, 0.6) is 0 Å². The van der Waals surface area contributed by atoms with Gasteiger partial charge in [-0.2, -0.15) is 13.2 Å². The molecular weight excluding hydrogens is 198 g/mol. The summed E-state index contributed by atoms with van der Waals surface area (Å²) in [5.41, 5.74) is -0.0305. The highest BCUT2D eigenvalue weighted by Crippen LogP contribution is 2.28. The number of rotatable bonds is 2. The first-order chi connectivity index (χ1) is 6.45. The van der Waals surface area contributed by atoms with Crippen molar-refractivity contribution in [3.63, 3.8) is 0 Å². The summed E-state index contributed by atoms with van der Waals surface area (Å²) in [4.78, 5) is 3.24. The molecule has 0 saturated heterocycles. The van der Waals surface area contributed by atoms with Crippen LogP contribution < -0.4 is 0 Å². The largest absolute Gasteiger partial charge is 0.433 e. The van der Waals surface area contributed by atoms with Gasteiger partial charge in [-0.15, -0.1) is 0 Å². The molecule has 1 aromatic heterocycles. The highest BCUT2D eigenvalue weighted by atomic mass is 19.4. The second-order valence-electron chi connectivity index (χ2n) is 2.93. The second kappa shape index (κ2) is 3.94. The van der Waals surface area contributed by atoms with Crippen LogP contribution in [0.2, 0.25) is 0 Å². The molecule has 1 rings (SSSR count). The van der Waals surface area contributed by atoms with Crippen LogP contribution in [0.1, 0.15) is 16.8 Å². The molecule has 0 N–H and O–H groups in total. The molecule has 0 aliphatic heterocycles. The van der Waals surface area contributed by atoms with E-state index in [-0.39, 0.29) is 6.42 Å². The van der Waals surface area contributed by atoms with Crippen molar-refractivity contribution in [1.29, 1.82) is 0 Å². The fourth-order valence-corrected chi connectivity index (χ4v) is 1.09. The highest BCUT2D eigenvalue weighted by Gasteiger charge is 2.32. The third-order valence-electron chi connectivity index (χ3n) is 1.87. The van der Waals surface area contributed by atoms with Gasteiger partial charge in [0.25, 0.3) is 0 Å². The van der Waals surface area contributed by atoms with Gasteiger partial charge in [0, 0.05) is 12.6 Å². The molecule has 0 amide bonds. The average Bonchev–Trinajstić information content (AvgIpc) is 2.07. The van der Waals surface area contributed by atoms with E-state index in [1.54, 1.807) is 6.92 Å². The van der Waals surface area contributed by atoms with Gasteiger partial charge in [-0.05, 0) is 24.1 Å². The lowest BCUT2D eigenvalue weighted by atomic mass is 10.1. The smallest absolute Gasteiger partial charge is 0.251 e. The summed E-state index contributed by atoms with van der Waals surface area (Å²) in [6.07, 6.45) is -3.34. The topological polar surface area (TPSA) is 12.9 Å². The number of aryl methyl sites for hydroxylation is 2. The predicted octanol–water partition coefficient (Wildman–Crippen LogP) is 2.92. The molecule has 0 bridgehead atoms. The molecule has 0 saturated carbocycles. The van der Waals surface area contributed by atoms with Crippen LogP contribution >= 0.6 is 0 Å². The minimum Gasteiger partial charge on any atom is -0.251 e. The Balaban J connectivity index is 3.06. The number of aromatic nitrogens is 1. The Morgan fingerprint density at radius 1 is 1.36 bits per heavy atom. The van der Waals surface area contributed by atoms with Gasteiger partial charge in [0.15, 0.2) is 0 Å². The van der Waals surface area contributed by atoms with E-state index in [2.05, 4.69) is 4.98 Å². The van der Waals surface area contributed by atoms with Gasteiger partial charge in [0.2, 0.25) is 0 Å². The first-order valence-corrected chi connectivity index (χ1v) is 4.04. The van der Waals surface area contributed by atoms with Gasteiger partial charge in [0.1, 0.15) is 5.69 Å². The molecular formula is C9H9F4N. The minimum atomic E-state index is -4.46. The molecule has 0 spiro atoms. The van der Waals surface area contributed by atoms with E-state index in [0.29, 0.717) is 11.1 Å². The number of hydrogen-bond donors (Lipinski definition) is 0.